The summed E-state index contributed by atoms with van der Waals surface area (Å²) in [7, 11) is 3.75. The molecule has 0 aliphatic heterocycles. The first kappa shape index (κ1) is 15.1. The highest BCUT2D eigenvalue weighted by molar-refractivity contribution is 5.42. The highest BCUT2D eigenvalue weighted by Gasteiger charge is 2.25. The van der Waals surface area contributed by atoms with E-state index in [9.17, 15) is 5.11 Å². The van der Waals surface area contributed by atoms with Crippen molar-refractivity contribution in [1.82, 2.24) is 4.90 Å². The lowest BCUT2D eigenvalue weighted by Crippen LogP contribution is -2.39. The molecule has 1 unspecified atom stereocenters. The van der Waals surface area contributed by atoms with Gasteiger partial charge in [0.15, 0.2) is 11.5 Å². The standard InChI is InChI=1S/C16H26N2O2/c1-11(12-4-9-15(19)16(10-12)20-3)18(2)14-7-5-13(17)6-8-14/h4,9-11,13-14,19H,5-8,17H2,1-3H3. The molecule has 1 aliphatic carbocycles. The molecule has 1 fully saturated rings. The van der Waals surface area contributed by atoms with Crippen LogP contribution in [0, 0.1) is 0 Å². The summed E-state index contributed by atoms with van der Waals surface area (Å²) in [6.07, 6.45) is 4.55. The van der Waals surface area contributed by atoms with Crippen molar-refractivity contribution in [2.75, 3.05) is 14.2 Å². The lowest BCUT2D eigenvalue weighted by Gasteiger charge is -2.37. The smallest absolute Gasteiger partial charge is 0.160 e. The minimum absolute atomic E-state index is 0.190. The molecule has 1 aromatic carbocycles. The molecule has 0 saturated heterocycles. The van der Waals surface area contributed by atoms with Gasteiger partial charge >= 0.3 is 0 Å². The van der Waals surface area contributed by atoms with Crippen molar-refractivity contribution in [2.45, 2.75) is 50.7 Å². The summed E-state index contributed by atoms with van der Waals surface area (Å²) in [6, 6.07) is 6.85. The monoisotopic (exact) mass is 278 g/mol. The first-order chi connectivity index (χ1) is 9.52. The van der Waals surface area contributed by atoms with Crippen LogP contribution in [0.2, 0.25) is 0 Å². The highest BCUT2D eigenvalue weighted by Crippen LogP contribution is 2.33. The zero-order valence-electron chi connectivity index (χ0n) is 12.7. The number of phenolic OH excluding ortho intramolecular Hbond substituents is 1. The van der Waals surface area contributed by atoms with Gasteiger partial charge in [0.25, 0.3) is 0 Å². The zero-order chi connectivity index (χ0) is 14.7. The first-order valence-electron chi connectivity index (χ1n) is 7.37. The van der Waals surface area contributed by atoms with Gasteiger partial charge < -0.3 is 15.6 Å². The molecule has 0 bridgehead atoms. The van der Waals surface area contributed by atoms with Gasteiger partial charge in [0.05, 0.1) is 7.11 Å². The molecule has 1 atom stereocenters. The summed E-state index contributed by atoms with van der Waals surface area (Å²) >= 11 is 0. The Kier molecular flexibility index (Phi) is 4.89. The molecule has 20 heavy (non-hydrogen) atoms. The van der Waals surface area contributed by atoms with E-state index in [1.165, 1.54) is 0 Å². The largest absolute Gasteiger partial charge is 0.504 e. The van der Waals surface area contributed by atoms with Crippen LogP contribution in [0.1, 0.15) is 44.2 Å². The number of rotatable bonds is 4. The Bertz CT molecular complexity index is 442. The number of hydrogen-bond donors (Lipinski definition) is 2. The number of methoxy groups -OCH3 is 1. The minimum atomic E-state index is 0.190. The quantitative estimate of drug-likeness (QED) is 0.889. The van der Waals surface area contributed by atoms with Crippen molar-refractivity contribution in [2.24, 2.45) is 5.73 Å². The molecular weight excluding hydrogens is 252 g/mol. The first-order valence-corrected chi connectivity index (χ1v) is 7.37. The fraction of sp³-hybridized carbons (Fsp3) is 0.625. The maximum Gasteiger partial charge on any atom is 0.160 e. The number of phenols is 1. The second-order valence-electron chi connectivity index (χ2n) is 5.84. The third-order valence-electron chi connectivity index (χ3n) is 4.61. The van der Waals surface area contributed by atoms with Crippen LogP contribution in [0.15, 0.2) is 18.2 Å². The Morgan fingerprint density at radius 3 is 2.55 bits per heavy atom. The second kappa shape index (κ2) is 6.46. The number of nitrogens with zero attached hydrogens (tertiary/aromatic N) is 1. The Balaban J connectivity index is 2.08. The molecule has 0 radical (unpaired) electrons. The van der Waals surface area contributed by atoms with E-state index in [1.807, 2.05) is 12.1 Å². The van der Waals surface area contributed by atoms with E-state index in [2.05, 4.69) is 18.9 Å². The summed E-state index contributed by atoms with van der Waals surface area (Å²) in [5.41, 5.74) is 7.14. The van der Waals surface area contributed by atoms with Gasteiger partial charge in [0.2, 0.25) is 0 Å². The molecule has 3 N–H and O–H groups in total. The molecule has 2 rings (SSSR count). The molecule has 4 nitrogen and oxygen atoms in total. The topological polar surface area (TPSA) is 58.7 Å². The van der Waals surface area contributed by atoms with Gasteiger partial charge in [-0.3, -0.25) is 4.90 Å². The molecule has 1 aromatic rings. The Morgan fingerprint density at radius 1 is 1.30 bits per heavy atom. The van der Waals surface area contributed by atoms with E-state index < -0.39 is 0 Å². The van der Waals surface area contributed by atoms with Crippen LogP contribution in [0.25, 0.3) is 0 Å². The normalized spacial score (nSPS) is 24.6. The van der Waals surface area contributed by atoms with Gasteiger partial charge in [-0.2, -0.15) is 0 Å². The van der Waals surface area contributed by atoms with E-state index in [0.29, 0.717) is 23.9 Å². The maximum absolute atomic E-state index is 9.68. The SMILES string of the molecule is COc1cc(C(C)N(C)C2CCC(N)CC2)ccc1O. The summed E-state index contributed by atoms with van der Waals surface area (Å²) in [5, 5.41) is 9.68. The summed E-state index contributed by atoms with van der Waals surface area (Å²) in [6.45, 7) is 2.19. The Hall–Kier alpha value is -1.26. The van der Waals surface area contributed by atoms with Gasteiger partial charge in [-0.05, 0) is 57.4 Å². The molecule has 0 spiro atoms. The molecule has 1 saturated carbocycles. The van der Waals surface area contributed by atoms with Crippen LogP contribution in [-0.2, 0) is 0 Å². The third-order valence-corrected chi connectivity index (χ3v) is 4.61. The van der Waals surface area contributed by atoms with Crippen molar-refractivity contribution in [3.63, 3.8) is 0 Å². The second-order valence-corrected chi connectivity index (χ2v) is 5.84. The van der Waals surface area contributed by atoms with E-state index >= 15 is 0 Å². The molecule has 112 valence electrons. The predicted octanol–water partition coefficient (Wildman–Crippen LogP) is 2.66. The van der Waals surface area contributed by atoms with Crippen LogP contribution < -0.4 is 10.5 Å². The zero-order valence-corrected chi connectivity index (χ0v) is 12.7. The van der Waals surface area contributed by atoms with E-state index in [4.69, 9.17) is 10.5 Å². The van der Waals surface area contributed by atoms with Crippen LogP contribution in [0.3, 0.4) is 0 Å². The van der Waals surface area contributed by atoms with Crippen molar-refractivity contribution >= 4 is 0 Å². The van der Waals surface area contributed by atoms with Crippen molar-refractivity contribution in [3.05, 3.63) is 23.8 Å². The molecule has 1 aliphatic rings. The van der Waals surface area contributed by atoms with E-state index in [1.54, 1.807) is 13.2 Å². The highest BCUT2D eigenvalue weighted by atomic mass is 16.5. The molecule has 0 heterocycles. The van der Waals surface area contributed by atoms with Crippen LogP contribution in [-0.4, -0.2) is 36.2 Å². The number of nitrogens with two attached hydrogens (primary N) is 1. The number of benzene rings is 1. The van der Waals surface area contributed by atoms with E-state index in [-0.39, 0.29) is 5.75 Å². The van der Waals surface area contributed by atoms with Gasteiger partial charge in [0, 0.05) is 18.1 Å². The van der Waals surface area contributed by atoms with Gasteiger partial charge in [-0.25, -0.2) is 0 Å². The fourth-order valence-electron chi connectivity index (χ4n) is 3.01. The number of ether oxygens (including phenoxy) is 1. The Labute approximate surface area is 121 Å². The van der Waals surface area contributed by atoms with Gasteiger partial charge in [0.1, 0.15) is 0 Å². The summed E-state index contributed by atoms with van der Waals surface area (Å²) < 4.78 is 5.19. The van der Waals surface area contributed by atoms with Crippen molar-refractivity contribution in [3.8, 4) is 11.5 Å². The Morgan fingerprint density at radius 2 is 1.95 bits per heavy atom. The average molecular weight is 278 g/mol. The average Bonchev–Trinajstić information content (AvgIpc) is 2.47. The summed E-state index contributed by atoms with van der Waals surface area (Å²) in [5.74, 6) is 0.725. The number of hydrogen-bond acceptors (Lipinski definition) is 4. The predicted molar refractivity (Wildman–Crippen MR) is 81.1 cm³/mol. The molecular formula is C16H26N2O2. The van der Waals surface area contributed by atoms with Crippen molar-refractivity contribution < 1.29 is 9.84 Å². The van der Waals surface area contributed by atoms with E-state index in [0.717, 1.165) is 31.2 Å². The fourth-order valence-corrected chi connectivity index (χ4v) is 3.01. The lowest BCUT2D eigenvalue weighted by atomic mass is 9.89. The van der Waals surface area contributed by atoms with Gasteiger partial charge in [-0.1, -0.05) is 6.07 Å². The lowest BCUT2D eigenvalue weighted by molar-refractivity contribution is 0.140. The van der Waals surface area contributed by atoms with Gasteiger partial charge in [-0.15, -0.1) is 0 Å². The molecule has 0 amide bonds. The molecule has 0 aromatic heterocycles. The summed E-state index contributed by atoms with van der Waals surface area (Å²) in [4.78, 5) is 2.41. The van der Waals surface area contributed by atoms with Crippen LogP contribution in [0.4, 0.5) is 0 Å². The molecule has 4 heteroatoms. The van der Waals surface area contributed by atoms with Crippen LogP contribution in [0.5, 0.6) is 11.5 Å². The minimum Gasteiger partial charge on any atom is -0.504 e. The maximum atomic E-state index is 9.68. The van der Waals surface area contributed by atoms with Crippen LogP contribution >= 0.6 is 0 Å². The third kappa shape index (κ3) is 3.25. The number of aromatic hydroxyl groups is 1. The van der Waals surface area contributed by atoms with Crippen molar-refractivity contribution in [1.29, 1.82) is 0 Å².